The summed E-state index contributed by atoms with van der Waals surface area (Å²) < 4.78 is 4.70. The molecule has 22 heavy (non-hydrogen) atoms. The maximum Gasteiger partial charge on any atom is 0.307 e. The van der Waals surface area contributed by atoms with Crippen LogP contribution in [0.15, 0.2) is 18.3 Å². The summed E-state index contributed by atoms with van der Waals surface area (Å²) in [7, 11) is 1.33. The highest BCUT2D eigenvalue weighted by Gasteiger charge is 2.25. The zero-order valence-corrected chi connectivity index (χ0v) is 13.2. The van der Waals surface area contributed by atoms with Gasteiger partial charge in [0.05, 0.1) is 25.5 Å². The van der Waals surface area contributed by atoms with Gasteiger partial charge in [-0.1, -0.05) is 17.7 Å². The maximum atomic E-state index is 12.4. The number of nitrogens with zero attached hydrogens (tertiary/aromatic N) is 1. The number of rotatable bonds is 5. The first kappa shape index (κ1) is 16.7. The maximum absolute atomic E-state index is 12.4. The Kier molecular flexibility index (Phi) is 6.15. The van der Waals surface area contributed by atoms with E-state index in [9.17, 15) is 9.59 Å². The van der Waals surface area contributed by atoms with Crippen LogP contribution >= 0.6 is 11.6 Å². The van der Waals surface area contributed by atoms with Crippen LogP contribution in [0.3, 0.4) is 0 Å². The highest BCUT2D eigenvalue weighted by molar-refractivity contribution is 6.29. The van der Waals surface area contributed by atoms with E-state index in [-0.39, 0.29) is 24.2 Å². The number of ether oxygens (including phenoxy) is 1. The number of methoxy groups -OCH3 is 1. The van der Waals surface area contributed by atoms with Gasteiger partial charge in [-0.2, -0.15) is 0 Å². The molecular formula is C15H20ClN3O3. The molecule has 1 aliphatic rings. The number of aromatic nitrogens is 1. The Morgan fingerprint density at radius 1 is 1.55 bits per heavy atom. The van der Waals surface area contributed by atoms with Crippen LogP contribution in [0.25, 0.3) is 0 Å². The van der Waals surface area contributed by atoms with E-state index in [0.717, 1.165) is 24.9 Å². The van der Waals surface area contributed by atoms with E-state index in [1.165, 1.54) is 7.11 Å². The van der Waals surface area contributed by atoms with E-state index in [1.54, 1.807) is 18.3 Å². The first-order chi connectivity index (χ1) is 10.6. The lowest BCUT2D eigenvalue weighted by Crippen LogP contribution is -2.42. The molecule has 0 bridgehead atoms. The average molecular weight is 326 g/mol. The van der Waals surface area contributed by atoms with Gasteiger partial charge in [0.2, 0.25) is 5.91 Å². The summed E-state index contributed by atoms with van der Waals surface area (Å²) in [5, 5.41) is 6.49. The number of esters is 1. The second-order valence-electron chi connectivity index (χ2n) is 5.30. The van der Waals surface area contributed by atoms with E-state index in [0.29, 0.717) is 11.7 Å². The number of hydrogen-bond donors (Lipinski definition) is 2. The Morgan fingerprint density at radius 2 is 2.36 bits per heavy atom. The van der Waals surface area contributed by atoms with Crippen LogP contribution in [0.5, 0.6) is 0 Å². The van der Waals surface area contributed by atoms with Crippen molar-refractivity contribution in [3.05, 3.63) is 29.0 Å². The Morgan fingerprint density at radius 3 is 2.95 bits per heavy atom. The summed E-state index contributed by atoms with van der Waals surface area (Å²) in [5.74, 6) is -0.521. The van der Waals surface area contributed by atoms with Gasteiger partial charge < -0.3 is 15.4 Å². The molecule has 0 spiro atoms. The molecule has 1 aliphatic heterocycles. The molecule has 0 saturated carbocycles. The van der Waals surface area contributed by atoms with Crippen LogP contribution < -0.4 is 10.6 Å². The second kappa shape index (κ2) is 8.10. The number of nitrogens with one attached hydrogen (secondary N) is 2. The number of halogens is 1. The van der Waals surface area contributed by atoms with Gasteiger partial charge in [0, 0.05) is 12.7 Å². The number of piperidine rings is 1. The van der Waals surface area contributed by atoms with E-state index in [4.69, 9.17) is 16.3 Å². The van der Waals surface area contributed by atoms with Gasteiger partial charge in [0.15, 0.2) is 0 Å². The van der Waals surface area contributed by atoms with Crippen molar-refractivity contribution in [1.82, 2.24) is 15.6 Å². The van der Waals surface area contributed by atoms with Crippen molar-refractivity contribution >= 4 is 23.5 Å². The van der Waals surface area contributed by atoms with Crippen LogP contribution in [0.2, 0.25) is 5.15 Å². The predicted molar refractivity (Wildman–Crippen MR) is 82.4 cm³/mol. The van der Waals surface area contributed by atoms with Crippen molar-refractivity contribution in [3.63, 3.8) is 0 Å². The fraction of sp³-hybridized carbons (Fsp3) is 0.533. The topological polar surface area (TPSA) is 80.3 Å². The molecular weight excluding hydrogens is 306 g/mol. The van der Waals surface area contributed by atoms with Crippen LogP contribution in [0.1, 0.15) is 30.9 Å². The van der Waals surface area contributed by atoms with Crippen molar-refractivity contribution in [2.24, 2.45) is 5.92 Å². The third kappa shape index (κ3) is 4.68. The van der Waals surface area contributed by atoms with Crippen molar-refractivity contribution in [2.45, 2.75) is 25.3 Å². The molecule has 1 aromatic rings. The number of carbonyl (C=O) groups is 2. The number of carbonyl (C=O) groups excluding carboxylic acids is 2. The van der Waals surface area contributed by atoms with Crippen molar-refractivity contribution < 1.29 is 14.3 Å². The molecule has 0 aliphatic carbocycles. The summed E-state index contributed by atoms with van der Waals surface area (Å²) >= 11 is 5.78. The summed E-state index contributed by atoms with van der Waals surface area (Å²) in [6.07, 6.45) is 3.45. The highest BCUT2D eigenvalue weighted by atomic mass is 35.5. The summed E-state index contributed by atoms with van der Waals surface area (Å²) in [6, 6.07) is 2.92. The molecule has 0 unspecified atom stereocenters. The normalized spacial score (nSPS) is 19.3. The number of amides is 1. The fourth-order valence-corrected chi connectivity index (χ4v) is 2.57. The summed E-state index contributed by atoms with van der Waals surface area (Å²) in [6.45, 7) is 1.60. The minimum absolute atomic E-state index is 0.0592. The molecule has 1 saturated heterocycles. The van der Waals surface area contributed by atoms with E-state index < -0.39 is 6.04 Å². The molecule has 2 heterocycles. The highest BCUT2D eigenvalue weighted by Crippen LogP contribution is 2.20. The molecule has 0 aromatic carbocycles. The average Bonchev–Trinajstić information content (AvgIpc) is 2.55. The van der Waals surface area contributed by atoms with E-state index in [1.807, 2.05) is 0 Å². The number of pyridine rings is 1. The standard InChI is InChI=1S/C15H20ClN3O3/c1-22-14(20)7-12(10-4-5-13(16)18-9-10)19-15(21)11-3-2-6-17-8-11/h4-5,9,11-12,17H,2-3,6-8H2,1H3,(H,19,21)/t11-,12+/m1/s1. The molecule has 2 rings (SSSR count). The predicted octanol–water partition coefficient (Wildman–Crippen LogP) is 1.45. The minimum Gasteiger partial charge on any atom is -0.469 e. The molecule has 1 amide bonds. The third-order valence-corrected chi connectivity index (χ3v) is 3.96. The van der Waals surface area contributed by atoms with Crippen LogP contribution in [-0.4, -0.2) is 37.1 Å². The van der Waals surface area contributed by atoms with Crippen LogP contribution in [0, 0.1) is 5.92 Å². The van der Waals surface area contributed by atoms with Crippen molar-refractivity contribution in [2.75, 3.05) is 20.2 Å². The van der Waals surface area contributed by atoms with E-state index >= 15 is 0 Å². The second-order valence-corrected chi connectivity index (χ2v) is 5.69. The summed E-state index contributed by atoms with van der Waals surface area (Å²) in [4.78, 5) is 28.0. The molecule has 7 heteroatoms. The molecule has 6 nitrogen and oxygen atoms in total. The summed E-state index contributed by atoms with van der Waals surface area (Å²) in [5.41, 5.74) is 0.729. The third-order valence-electron chi connectivity index (χ3n) is 3.74. The number of hydrogen-bond acceptors (Lipinski definition) is 5. The lowest BCUT2D eigenvalue weighted by molar-refractivity contribution is -0.141. The first-order valence-corrected chi connectivity index (χ1v) is 7.67. The van der Waals surface area contributed by atoms with Crippen molar-refractivity contribution in [3.8, 4) is 0 Å². The Labute approximate surface area is 134 Å². The zero-order chi connectivity index (χ0) is 15.9. The van der Waals surface area contributed by atoms with Gasteiger partial charge in [0.25, 0.3) is 0 Å². The van der Waals surface area contributed by atoms with Crippen molar-refractivity contribution in [1.29, 1.82) is 0 Å². The SMILES string of the molecule is COC(=O)C[C@H](NC(=O)[C@@H]1CCCNC1)c1ccc(Cl)nc1. The Bertz CT molecular complexity index is 515. The van der Waals surface area contributed by atoms with Crippen LogP contribution in [-0.2, 0) is 14.3 Å². The lowest BCUT2D eigenvalue weighted by atomic mass is 9.97. The quantitative estimate of drug-likeness (QED) is 0.633. The molecule has 120 valence electrons. The lowest BCUT2D eigenvalue weighted by Gasteiger charge is -2.25. The van der Waals surface area contributed by atoms with Gasteiger partial charge in [-0.25, -0.2) is 4.98 Å². The van der Waals surface area contributed by atoms with Crippen LogP contribution in [0.4, 0.5) is 0 Å². The molecule has 0 radical (unpaired) electrons. The van der Waals surface area contributed by atoms with E-state index in [2.05, 4.69) is 15.6 Å². The Balaban J connectivity index is 2.07. The smallest absolute Gasteiger partial charge is 0.307 e. The first-order valence-electron chi connectivity index (χ1n) is 7.29. The molecule has 2 atom stereocenters. The van der Waals surface area contributed by atoms with Gasteiger partial charge in [-0.3, -0.25) is 9.59 Å². The largest absolute Gasteiger partial charge is 0.469 e. The monoisotopic (exact) mass is 325 g/mol. The molecule has 2 N–H and O–H groups in total. The molecule has 1 fully saturated rings. The Hall–Kier alpha value is -1.66. The zero-order valence-electron chi connectivity index (χ0n) is 12.5. The van der Waals surface area contributed by atoms with Gasteiger partial charge in [-0.05, 0) is 31.0 Å². The molecule has 1 aromatic heterocycles. The van der Waals surface area contributed by atoms with Gasteiger partial charge in [0.1, 0.15) is 5.15 Å². The van der Waals surface area contributed by atoms with Gasteiger partial charge in [-0.15, -0.1) is 0 Å². The van der Waals surface area contributed by atoms with Gasteiger partial charge >= 0.3 is 5.97 Å². The minimum atomic E-state index is -0.466. The fourth-order valence-electron chi connectivity index (χ4n) is 2.46.